The van der Waals surface area contributed by atoms with Crippen LogP contribution in [-0.4, -0.2) is 8.76 Å². The topological polar surface area (TPSA) is 66.2 Å². The lowest BCUT2D eigenvalue weighted by Gasteiger charge is -2.18. The van der Waals surface area contributed by atoms with Gasteiger partial charge in [0.1, 0.15) is 0 Å². The van der Waals surface area contributed by atoms with E-state index in [0.717, 1.165) is 0 Å². The molecule has 1 atom stereocenters. The molecule has 3 nitrogen and oxygen atoms in total. The molecule has 0 fully saturated rings. The average molecular weight is 358 g/mol. The van der Waals surface area contributed by atoms with E-state index in [1.54, 1.807) is 0 Å². The van der Waals surface area contributed by atoms with E-state index in [2.05, 4.69) is 96.1 Å². The Morgan fingerprint density at radius 3 is 1.08 bits per heavy atom. The molecular weight excluding hydrogens is 337 g/mol. The van der Waals surface area contributed by atoms with E-state index < -0.39 is 19.2 Å². The highest BCUT2D eigenvalue weighted by Gasteiger charge is 2.14. The molecule has 126 valence electrons. The van der Waals surface area contributed by atoms with Crippen LogP contribution < -0.4 is 21.1 Å². The minimum Gasteiger partial charge on any atom is -0.760 e. The summed E-state index contributed by atoms with van der Waals surface area (Å²) < 4.78 is 17.6. The van der Waals surface area contributed by atoms with E-state index in [0.29, 0.717) is 0 Å². The van der Waals surface area contributed by atoms with Crippen molar-refractivity contribution in [3.63, 3.8) is 0 Å². The fourth-order valence-corrected chi connectivity index (χ4v) is 4.48. The highest BCUT2D eigenvalue weighted by Crippen LogP contribution is 2.32. The van der Waals surface area contributed by atoms with Gasteiger partial charge >= 0.3 is 0 Å². The third kappa shape index (κ3) is 6.34. The van der Waals surface area contributed by atoms with E-state index >= 15 is 0 Å². The lowest BCUT2D eigenvalue weighted by atomic mass is 10.4. The first-order valence-electron chi connectivity index (χ1n) is 6.97. The molecule has 0 aliphatic heterocycles. The van der Waals surface area contributed by atoms with E-state index in [1.165, 1.54) is 15.9 Å². The molecule has 3 aromatic rings. The number of benzene rings is 3. The molecule has 0 saturated carbocycles. The Balaban J connectivity index is 0.000000522. The molecule has 5 heteroatoms. The van der Waals surface area contributed by atoms with Crippen molar-refractivity contribution in [1.82, 2.24) is 0 Å². The lowest BCUT2D eigenvalue weighted by molar-refractivity contribution is 0.539. The van der Waals surface area contributed by atoms with Crippen LogP contribution in [0, 0.1) is 0 Å². The predicted octanol–water partition coefficient (Wildman–Crippen LogP) is 2.82. The van der Waals surface area contributed by atoms with Gasteiger partial charge in [0.15, 0.2) is 0 Å². The lowest BCUT2D eigenvalue weighted by Crippen LogP contribution is -2.20. The van der Waals surface area contributed by atoms with Gasteiger partial charge in [-0.05, 0) is 23.8 Å². The van der Waals surface area contributed by atoms with E-state index in [-0.39, 0.29) is 7.43 Å². The average Bonchev–Trinajstić information content (AvgIpc) is 2.58. The van der Waals surface area contributed by atoms with Crippen molar-refractivity contribution in [3.8, 4) is 0 Å². The second-order valence-electron chi connectivity index (χ2n) is 4.60. The highest BCUT2D eigenvalue weighted by molar-refractivity contribution is 7.79. The van der Waals surface area contributed by atoms with E-state index in [4.69, 9.17) is 8.76 Å². The molecule has 24 heavy (non-hydrogen) atoms. The molecule has 0 heterocycles. The van der Waals surface area contributed by atoms with E-state index in [1.807, 2.05) is 0 Å². The summed E-state index contributed by atoms with van der Waals surface area (Å²) in [6.07, 6.45) is 0. The van der Waals surface area contributed by atoms with Crippen LogP contribution in [0.1, 0.15) is 7.43 Å². The van der Waals surface area contributed by atoms with Gasteiger partial charge in [-0.3, -0.25) is 9.35 Å². The molecule has 0 aliphatic rings. The summed E-state index contributed by atoms with van der Waals surface area (Å²) >= 11 is -2.36. The van der Waals surface area contributed by atoms with Gasteiger partial charge in [-0.25, -0.2) is 0 Å². The third-order valence-electron chi connectivity index (χ3n) is 3.04. The normalized spacial score (nSPS) is 11.0. The minimum absolute atomic E-state index is 0. The SMILES string of the molecule is C.NS(=O)[O-].c1ccc(P(c2ccccc2)c2ccccc2)cc1. The van der Waals surface area contributed by atoms with Gasteiger partial charge in [-0.1, -0.05) is 98.4 Å². The Morgan fingerprint density at radius 1 is 0.667 bits per heavy atom. The molecular formula is C19H21NO2PS-. The number of rotatable bonds is 3. The van der Waals surface area contributed by atoms with Crippen molar-refractivity contribution >= 4 is 35.1 Å². The first-order chi connectivity index (χ1) is 11.2. The predicted molar refractivity (Wildman–Crippen MR) is 105 cm³/mol. The maximum absolute atomic E-state index is 8.78. The monoisotopic (exact) mass is 358 g/mol. The summed E-state index contributed by atoms with van der Waals surface area (Å²) in [5.74, 6) is 0. The minimum atomic E-state index is -2.36. The van der Waals surface area contributed by atoms with Gasteiger partial charge in [-0.15, -0.1) is 0 Å². The van der Waals surface area contributed by atoms with Crippen LogP contribution in [0.2, 0.25) is 0 Å². The largest absolute Gasteiger partial charge is 0.760 e. The van der Waals surface area contributed by atoms with Crippen LogP contribution in [0.4, 0.5) is 0 Å². The van der Waals surface area contributed by atoms with Crippen LogP contribution in [0.15, 0.2) is 91.0 Å². The molecule has 3 rings (SSSR count). The van der Waals surface area contributed by atoms with Crippen molar-refractivity contribution in [2.75, 3.05) is 0 Å². The number of hydrogen-bond acceptors (Lipinski definition) is 2. The van der Waals surface area contributed by atoms with Crippen molar-refractivity contribution in [3.05, 3.63) is 91.0 Å². The first kappa shape index (κ1) is 20.2. The standard InChI is InChI=1S/C18H15P.CH4.H3NO2S/c1-4-10-16(11-5-1)19(17-12-6-2-7-13-17)18-14-8-3-9-15-18;;1-4(2)3/h1-15H;1H4;1H2,(H,2,3)/p-1. The molecule has 0 bridgehead atoms. The number of nitrogens with two attached hydrogens (primary N) is 1. The Hall–Kier alpha value is -1.84. The summed E-state index contributed by atoms with van der Waals surface area (Å²) in [5.41, 5.74) is 0. The second kappa shape index (κ2) is 10.8. The molecule has 3 aromatic carbocycles. The summed E-state index contributed by atoms with van der Waals surface area (Å²) in [7, 11) is -0.446. The van der Waals surface area contributed by atoms with Crippen molar-refractivity contribution < 1.29 is 8.76 Å². The van der Waals surface area contributed by atoms with Crippen molar-refractivity contribution in [2.24, 2.45) is 5.14 Å². The summed E-state index contributed by atoms with van der Waals surface area (Å²) in [5, 5.41) is 8.22. The maximum Gasteiger partial charge on any atom is 0.0152 e. The zero-order valence-electron chi connectivity index (χ0n) is 12.4. The second-order valence-corrected chi connectivity index (χ2v) is 7.34. The van der Waals surface area contributed by atoms with Crippen LogP contribution >= 0.6 is 7.92 Å². The van der Waals surface area contributed by atoms with Gasteiger partial charge in [0.05, 0.1) is 0 Å². The maximum atomic E-state index is 8.78. The first-order valence-corrected chi connectivity index (χ1v) is 9.45. The number of hydrogen-bond donors (Lipinski definition) is 1. The summed E-state index contributed by atoms with van der Waals surface area (Å²) in [4.78, 5) is 0. The van der Waals surface area contributed by atoms with Gasteiger partial charge in [0.2, 0.25) is 0 Å². The van der Waals surface area contributed by atoms with Crippen LogP contribution in [-0.2, 0) is 11.3 Å². The summed E-state index contributed by atoms with van der Waals surface area (Å²) in [6.45, 7) is 0. The van der Waals surface area contributed by atoms with Crippen molar-refractivity contribution in [1.29, 1.82) is 0 Å². The fourth-order valence-electron chi connectivity index (χ4n) is 2.18. The fraction of sp³-hybridized carbons (Fsp3) is 0.0526. The highest BCUT2D eigenvalue weighted by atomic mass is 32.2. The molecule has 0 saturated heterocycles. The Morgan fingerprint density at radius 2 is 0.875 bits per heavy atom. The van der Waals surface area contributed by atoms with Crippen LogP contribution in [0.25, 0.3) is 0 Å². The Kier molecular flexibility index (Phi) is 9.13. The summed E-state index contributed by atoms with van der Waals surface area (Å²) in [6, 6.07) is 32.3. The molecule has 2 N–H and O–H groups in total. The zero-order chi connectivity index (χ0) is 16.5. The Bertz CT molecular complexity index is 626. The van der Waals surface area contributed by atoms with E-state index in [9.17, 15) is 0 Å². The quantitative estimate of drug-likeness (QED) is 0.578. The molecule has 0 spiro atoms. The van der Waals surface area contributed by atoms with Gasteiger partial charge in [-0.2, -0.15) is 0 Å². The van der Waals surface area contributed by atoms with Crippen LogP contribution in [0.5, 0.6) is 0 Å². The van der Waals surface area contributed by atoms with Crippen LogP contribution in [0.3, 0.4) is 0 Å². The van der Waals surface area contributed by atoms with Gasteiger partial charge in [0, 0.05) is 11.3 Å². The van der Waals surface area contributed by atoms with Gasteiger partial charge in [0.25, 0.3) is 0 Å². The smallest absolute Gasteiger partial charge is 0.0152 e. The zero-order valence-corrected chi connectivity index (χ0v) is 14.1. The molecule has 1 unspecified atom stereocenters. The molecule has 0 amide bonds. The molecule has 0 aromatic heterocycles. The van der Waals surface area contributed by atoms with Gasteiger partial charge < -0.3 is 4.55 Å². The molecule has 0 aliphatic carbocycles. The molecule has 0 radical (unpaired) electrons. The Labute approximate surface area is 147 Å². The van der Waals surface area contributed by atoms with Crippen molar-refractivity contribution in [2.45, 2.75) is 7.43 Å². The third-order valence-corrected chi connectivity index (χ3v) is 5.49.